The topological polar surface area (TPSA) is 47.6 Å². The molecule has 0 heterocycles. The van der Waals surface area contributed by atoms with Crippen LogP contribution in [0.3, 0.4) is 0 Å². The van der Waals surface area contributed by atoms with Gasteiger partial charge < -0.3 is 14.8 Å². The van der Waals surface area contributed by atoms with Crippen molar-refractivity contribution < 1.29 is 14.3 Å². The van der Waals surface area contributed by atoms with Crippen LogP contribution in [0.1, 0.15) is 13.8 Å². The minimum atomic E-state index is -0.0885. The molecule has 0 aliphatic heterocycles. The fourth-order valence-corrected chi connectivity index (χ4v) is 1.94. The first-order valence-electron chi connectivity index (χ1n) is 6.97. The molecule has 2 rings (SSSR count). The Balaban J connectivity index is 1.97. The number of halogens is 1. The van der Waals surface area contributed by atoms with E-state index in [1.165, 1.54) is 0 Å². The predicted molar refractivity (Wildman–Crippen MR) is 91.1 cm³/mol. The van der Waals surface area contributed by atoms with Crippen molar-refractivity contribution in [1.29, 1.82) is 0 Å². The zero-order chi connectivity index (χ0) is 15.9. The number of amides is 1. The number of ether oxygens (including phenoxy) is 2. The highest BCUT2D eigenvalue weighted by atomic mass is 79.9. The van der Waals surface area contributed by atoms with Crippen LogP contribution in [0.25, 0.3) is 0 Å². The Labute approximate surface area is 138 Å². The maximum absolute atomic E-state index is 11.3. The molecule has 5 heteroatoms. The molecule has 0 spiro atoms. The van der Waals surface area contributed by atoms with Crippen LogP contribution in [0.4, 0.5) is 5.69 Å². The van der Waals surface area contributed by atoms with Gasteiger partial charge in [-0.25, -0.2) is 0 Å². The Morgan fingerprint density at radius 2 is 1.50 bits per heavy atom. The zero-order valence-electron chi connectivity index (χ0n) is 12.5. The minimum Gasteiger partial charge on any atom is -0.491 e. The van der Waals surface area contributed by atoms with E-state index in [-0.39, 0.29) is 17.3 Å². The van der Waals surface area contributed by atoms with E-state index in [0.717, 1.165) is 17.2 Å². The second-order valence-electron chi connectivity index (χ2n) is 4.95. The van der Waals surface area contributed by atoms with Crippen molar-refractivity contribution in [1.82, 2.24) is 0 Å². The molecule has 2 aromatic rings. The Morgan fingerprint density at radius 3 is 2.00 bits per heavy atom. The van der Waals surface area contributed by atoms with Crippen LogP contribution in [0, 0.1) is 0 Å². The summed E-state index contributed by atoms with van der Waals surface area (Å²) in [5.41, 5.74) is 0.734. The Kier molecular flexibility index (Phi) is 5.83. The lowest BCUT2D eigenvalue weighted by molar-refractivity contribution is -0.113. The fourth-order valence-electron chi connectivity index (χ4n) is 1.80. The summed E-state index contributed by atoms with van der Waals surface area (Å²) in [6.07, 6.45) is 0.147. The Morgan fingerprint density at radius 1 is 1.00 bits per heavy atom. The van der Waals surface area contributed by atoms with Crippen LogP contribution in [0.5, 0.6) is 17.2 Å². The Bertz CT molecular complexity index is 609. The summed E-state index contributed by atoms with van der Waals surface area (Å²) >= 11 is 3.10. The number of nitrogens with one attached hydrogen (secondary N) is 1. The number of hydrogen-bond acceptors (Lipinski definition) is 3. The molecule has 2 aromatic carbocycles. The van der Waals surface area contributed by atoms with E-state index >= 15 is 0 Å². The van der Waals surface area contributed by atoms with Crippen molar-refractivity contribution in [3.8, 4) is 17.2 Å². The summed E-state index contributed by atoms with van der Waals surface area (Å²) in [6, 6.07) is 14.7. The molecule has 0 bridgehead atoms. The van der Waals surface area contributed by atoms with Gasteiger partial charge >= 0.3 is 0 Å². The van der Waals surface area contributed by atoms with E-state index in [0.29, 0.717) is 5.75 Å². The van der Waals surface area contributed by atoms with E-state index in [4.69, 9.17) is 9.47 Å². The quantitative estimate of drug-likeness (QED) is 0.762. The summed E-state index contributed by atoms with van der Waals surface area (Å²) in [5.74, 6) is 2.16. The van der Waals surface area contributed by atoms with E-state index < -0.39 is 0 Å². The number of carbonyl (C=O) groups is 1. The van der Waals surface area contributed by atoms with E-state index in [1.54, 1.807) is 12.1 Å². The number of benzene rings is 2. The third-order valence-corrected chi connectivity index (χ3v) is 3.20. The van der Waals surface area contributed by atoms with Crippen molar-refractivity contribution in [3.63, 3.8) is 0 Å². The van der Waals surface area contributed by atoms with Crippen molar-refractivity contribution in [2.75, 3.05) is 10.6 Å². The van der Waals surface area contributed by atoms with Gasteiger partial charge in [0.25, 0.3) is 0 Å². The first-order valence-corrected chi connectivity index (χ1v) is 8.09. The number of anilines is 1. The molecule has 0 saturated heterocycles. The number of carbonyl (C=O) groups excluding carboxylic acids is 1. The molecule has 116 valence electrons. The lowest BCUT2D eigenvalue weighted by Gasteiger charge is -2.11. The molecule has 0 aliphatic carbocycles. The summed E-state index contributed by atoms with van der Waals surface area (Å²) < 4.78 is 11.3. The third kappa shape index (κ3) is 5.07. The highest BCUT2D eigenvalue weighted by molar-refractivity contribution is 9.09. The van der Waals surface area contributed by atoms with Crippen LogP contribution < -0.4 is 14.8 Å². The van der Waals surface area contributed by atoms with E-state index in [2.05, 4.69) is 21.2 Å². The van der Waals surface area contributed by atoms with Crippen molar-refractivity contribution in [2.24, 2.45) is 0 Å². The first kappa shape index (κ1) is 16.4. The van der Waals surface area contributed by atoms with E-state index in [1.807, 2.05) is 50.2 Å². The van der Waals surface area contributed by atoms with E-state index in [9.17, 15) is 4.79 Å². The zero-order valence-corrected chi connectivity index (χ0v) is 14.1. The van der Waals surface area contributed by atoms with Crippen LogP contribution >= 0.6 is 15.9 Å². The number of rotatable bonds is 6. The van der Waals surface area contributed by atoms with Crippen LogP contribution in [0.2, 0.25) is 0 Å². The van der Waals surface area contributed by atoms with Gasteiger partial charge in [0.05, 0.1) is 11.4 Å². The smallest absolute Gasteiger partial charge is 0.235 e. The van der Waals surface area contributed by atoms with Crippen molar-refractivity contribution in [2.45, 2.75) is 20.0 Å². The van der Waals surface area contributed by atoms with Crippen LogP contribution in [0.15, 0.2) is 48.5 Å². The van der Waals surface area contributed by atoms with Gasteiger partial charge in [0.2, 0.25) is 5.91 Å². The second-order valence-corrected chi connectivity index (χ2v) is 5.51. The summed E-state index contributed by atoms with van der Waals surface area (Å²) in [6.45, 7) is 3.97. The molecule has 22 heavy (non-hydrogen) atoms. The monoisotopic (exact) mass is 363 g/mol. The van der Waals surface area contributed by atoms with Gasteiger partial charge in [-0.3, -0.25) is 4.79 Å². The minimum absolute atomic E-state index is 0.0885. The van der Waals surface area contributed by atoms with Gasteiger partial charge in [-0.15, -0.1) is 0 Å². The molecule has 0 atom stereocenters. The average Bonchev–Trinajstić information content (AvgIpc) is 2.50. The Hall–Kier alpha value is -2.01. The molecule has 0 saturated carbocycles. The number of alkyl halides is 1. The molecule has 1 amide bonds. The fraction of sp³-hybridized carbons (Fsp3) is 0.235. The van der Waals surface area contributed by atoms with Gasteiger partial charge in [-0.2, -0.15) is 0 Å². The van der Waals surface area contributed by atoms with Crippen LogP contribution in [-0.4, -0.2) is 17.3 Å². The molecule has 0 aliphatic rings. The van der Waals surface area contributed by atoms with Gasteiger partial charge in [0.15, 0.2) is 0 Å². The molecular formula is C17H18BrNO3. The largest absolute Gasteiger partial charge is 0.491 e. The van der Waals surface area contributed by atoms with Crippen LogP contribution in [-0.2, 0) is 4.79 Å². The highest BCUT2D eigenvalue weighted by Crippen LogP contribution is 2.25. The predicted octanol–water partition coefficient (Wildman–Crippen LogP) is 4.60. The average molecular weight is 364 g/mol. The van der Waals surface area contributed by atoms with Gasteiger partial charge in [0.1, 0.15) is 17.2 Å². The molecule has 0 aromatic heterocycles. The van der Waals surface area contributed by atoms with Gasteiger partial charge in [-0.1, -0.05) is 15.9 Å². The summed E-state index contributed by atoms with van der Waals surface area (Å²) in [5, 5.41) is 3.02. The maximum Gasteiger partial charge on any atom is 0.235 e. The van der Waals surface area contributed by atoms with Crippen molar-refractivity contribution >= 4 is 27.5 Å². The van der Waals surface area contributed by atoms with Crippen molar-refractivity contribution in [3.05, 3.63) is 48.5 Å². The standard InChI is InChI=1S/C17H18BrNO3/c1-12(2)21-14-7-9-16(10-8-14)22-15-5-3-13(4-6-15)19-17(20)11-18/h3-10,12H,11H2,1-2H3,(H,19,20). The summed E-state index contributed by atoms with van der Waals surface area (Å²) in [7, 11) is 0. The molecule has 0 radical (unpaired) electrons. The molecule has 0 fully saturated rings. The molecule has 1 N–H and O–H groups in total. The second kappa shape index (κ2) is 7.84. The lowest BCUT2D eigenvalue weighted by Crippen LogP contribution is -2.11. The normalized spacial score (nSPS) is 10.4. The molecular weight excluding hydrogens is 346 g/mol. The lowest BCUT2D eigenvalue weighted by atomic mass is 10.3. The first-order chi connectivity index (χ1) is 10.6. The highest BCUT2D eigenvalue weighted by Gasteiger charge is 2.02. The van der Waals surface area contributed by atoms with Gasteiger partial charge in [-0.05, 0) is 62.4 Å². The molecule has 4 nitrogen and oxygen atoms in total. The maximum atomic E-state index is 11.3. The van der Waals surface area contributed by atoms with Gasteiger partial charge in [0, 0.05) is 5.69 Å². The SMILES string of the molecule is CC(C)Oc1ccc(Oc2ccc(NC(=O)CBr)cc2)cc1. The summed E-state index contributed by atoms with van der Waals surface area (Å²) in [4.78, 5) is 11.3. The third-order valence-electron chi connectivity index (χ3n) is 2.69. The number of hydrogen-bond donors (Lipinski definition) is 1. The molecule has 0 unspecified atom stereocenters.